The van der Waals surface area contributed by atoms with E-state index in [-0.39, 0.29) is 26.9 Å². The van der Waals surface area contributed by atoms with E-state index < -0.39 is 23.5 Å². The lowest BCUT2D eigenvalue weighted by atomic mass is 9.94. The van der Waals surface area contributed by atoms with Crippen molar-refractivity contribution in [3.63, 3.8) is 0 Å². The summed E-state index contributed by atoms with van der Waals surface area (Å²) >= 11 is 12.5. The molecule has 1 atom stereocenters. The van der Waals surface area contributed by atoms with Crippen LogP contribution in [0, 0.1) is 0 Å². The second-order valence-corrected chi connectivity index (χ2v) is 9.10. The molecule has 192 valence electrons. The van der Waals surface area contributed by atoms with Crippen molar-refractivity contribution in [1.29, 1.82) is 0 Å². The molecule has 1 fully saturated rings. The topological polar surface area (TPSA) is 85.3 Å². The maximum absolute atomic E-state index is 13.5. The average Bonchev–Trinajstić information content (AvgIpc) is 3.17. The van der Waals surface area contributed by atoms with Crippen molar-refractivity contribution in [1.82, 2.24) is 0 Å². The van der Waals surface area contributed by atoms with Gasteiger partial charge in [-0.25, -0.2) is 0 Å². The molecule has 9 heteroatoms. The third kappa shape index (κ3) is 5.10. The van der Waals surface area contributed by atoms with Crippen LogP contribution in [0.25, 0.3) is 5.76 Å². The minimum Gasteiger partial charge on any atom is -0.507 e. The molecule has 0 spiro atoms. The lowest BCUT2D eigenvalue weighted by Crippen LogP contribution is -2.29. The molecule has 0 aliphatic carbocycles. The summed E-state index contributed by atoms with van der Waals surface area (Å²) in [5.41, 5.74) is 0.923. The quantitative estimate of drug-likeness (QED) is 0.201. The summed E-state index contributed by atoms with van der Waals surface area (Å²) in [6.07, 6.45) is 0.808. The van der Waals surface area contributed by atoms with E-state index in [1.54, 1.807) is 48.5 Å². The van der Waals surface area contributed by atoms with Crippen molar-refractivity contribution in [2.45, 2.75) is 19.4 Å². The molecule has 4 rings (SSSR count). The number of amides is 1. The van der Waals surface area contributed by atoms with E-state index >= 15 is 0 Å². The molecular formula is C28H25Cl2NO6. The highest BCUT2D eigenvalue weighted by atomic mass is 35.5. The predicted octanol–water partition coefficient (Wildman–Crippen LogP) is 6.43. The number of methoxy groups -OCH3 is 2. The van der Waals surface area contributed by atoms with Crippen LogP contribution < -0.4 is 19.1 Å². The third-order valence-electron chi connectivity index (χ3n) is 5.89. The summed E-state index contributed by atoms with van der Waals surface area (Å²) < 4.78 is 16.5. The molecule has 1 N–H and O–H groups in total. The second-order valence-electron chi connectivity index (χ2n) is 8.26. The molecule has 3 aromatic carbocycles. The van der Waals surface area contributed by atoms with Gasteiger partial charge in [0.2, 0.25) is 0 Å². The molecule has 1 amide bonds. The van der Waals surface area contributed by atoms with Crippen molar-refractivity contribution in [3.05, 3.63) is 87.4 Å². The SMILES string of the molecule is CCCOc1cccc(N2C(=O)C(=O)/C(=C(/O)c3cc(Cl)cc(Cl)c3OC)C2c2cccc(OC)c2)c1. The number of ketones is 1. The molecular weight excluding hydrogens is 517 g/mol. The average molecular weight is 542 g/mol. The van der Waals surface area contributed by atoms with Gasteiger partial charge in [-0.1, -0.05) is 48.3 Å². The lowest BCUT2D eigenvalue weighted by molar-refractivity contribution is -0.132. The number of carbonyl (C=O) groups is 2. The van der Waals surface area contributed by atoms with Gasteiger partial charge in [-0.2, -0.15) is 0 Å². The first kappa shape index (κ1) is 26.4. The Balaban J connectivity index is 1.97. The van der Waals surface area contributed by atoms with Gasteiger partial charge in [0.25, 0.3) is 11.7 Å². The van der Waals surface area contributed by atoms with E-state index in [9.17, 15) is 14.7 Å². The Labute approximate surface area is 224 Å². The molecule has 1 aliphatic heterocycles. The Bertz CT molecular complexity index is 1390. The molecule has 37 heavy (non-hydrogen) atoms. The number of rotatable bonds is 8. The van der Waals surface area contributed by atoms with E-state index in [0.29, 0.717) is 29.4 Å². The zero-order valence-corrected chi connectivity index (χ0v) is 22.0. The third-order valence-corrected chi connectivity index (χ3v) is 6.39. The number of halogens is 2. The summed E-state index contributed by atoms with van der Waals surface area (Å²) in [7, 11) is 2.90. The fourth-order valence-corrected chi connectivity index (χ4v) is 4.83. The zero-order chi connectivity index (χ0) is 26.7. The van der Waals surface area contributed by atoms with Crippen molar-refractivity contribution in [2.24, 2.45) is 0 Å². The van der Waals surface area contributed by atoms with E-state index in [2.05, 4.69) is 0 Å². The molecule has 0 bridgehead atoms. The zero-order valence-electron chi connectivity index (χ0n) is 20.5. The number of Topliss-reactive ketones (excluding diaryl/α,β-unsaturated/α-hetero) is 1. The monoisotopic (exact) mass is 541 g/mol. The molecule has 1 unspecified atom stereocenters. The van der Waals surface area contributed by atoms with Crippen molar-refractivity contribution in [2.75, 3.05) is 25.7 Å². The van der Waals surface area contributed by atoms with Crippen molar-refractivity contribution < 1.29 is 28.9 Å². The highest BCUT2D eigenvalue weighted by molar-refractivity contribution is 6.52. The Morgan fingerprint density at radius 3 is 2.41 bits per heavy atom. The summed E-state index contributed by atoms with van der Waals surface area (Å²) in [4.78, 5) is 28.3. The number of ether oxygens (including phenoxy) is 3. The van der Waals surface area contributed by atoms with Crippen LogP contribution in [0.1, 0.15) is 30.5 Å². The Hall–Kier alpha value is -3.68. The lowest BCUT2D eigenvalue weighted by Gasteiger charge is -2.26. The van der Waals surface area contributed by atoms with Gasteiger partial charge in [-0.15, -0.1) is 0 Å². The van der Waals surface area contributed by atoms with Gasteiger partial charge >= 0.3 is 0 Å². The predicted molar refractivity (Wildman–Crippen MR) is 143 cm³/mol. The summed E-state index contributed by atoms with van der Waals surface area (Å²) in [6, 6.07) is 15.7. The standard InChI is InChI=1S/C28H25Cl2NO6/c1-4-11-37-20-10-6-8-18(15-20)31-24(16-7-5-9-19(12-16)35-2)23(26(33)28(31)34)25(32)21-13-17(29)14-22(30)27(21)36-3/h5-10,12-15,24,32H,4,11H2,1-3H3/b25-23+. The van der Waals surface area contributed by atoms with Gasteiger partial charge < -0.3 is 19.3 Å². The molecule has 1 saturated heterocycles. The smallest absolute Gasteiger partial charge is 0.300 e. The first-order valence-corrected chi connectivity index (χ1v) is 12.3. The first-order chi connectivity index (χ1) is 17.8. The molecule has 0 aromatic heterocycles. The van der Waals surface area contributed by atoms with Crippen LogP contribution in [0.2, 0.25) is 10.0 Å². The van der Waals surface area contributed by atoms with Crippen LogP contribution in [0.4, 0.5) is 5.69 Å². The van der Waals surface area contributed by atoms with Crippen LogP contribution in [0.15, 0.2) is 66.2 Å². The largest absolute Gasteiger partial charge is 0.507 e. The number of hydrogen-bond donors (Lipinski definition) is 1. The van der Waals surface area contributed by atoms with Gasteiger partial charge in [0, 0.05) is 16.8 Å². The van der Waals surface area contributed by atoms with Gasteiger partial charge in [0.15, 0.2) is 0 Å². The van der Waals surface area contributed by atoms with E-state index in [1.807, 2.05) is 6.92 Å². The first-order valence-electron chi connectivity index (χ1n) is 11.5. The minimum absolute atomic E-state index is 0.0888. The summed E-state index contributed by atoms with van der Waals surface area (Å²) in [5, 5.41) is 11.9. The normalized spacial score (nSPS) is 16.7. The molecule has 7 nitrogen and oxygen atoms in total. The van der Waals surface area contributed by atoms with Gasteiger partial charge in [0.1, 0.15) is 23.0 Å². The number of aliphatic hydroxyl groups is 1. The molecule has 0 radical (unpaired) electrons. The number of carbonyl (C=O) groups excluding carboxylic acids is 2. The summed E-state index contributed by atoms with van der Waals surface area (Å²) in [6.45, 7) is 2.48. The van der Waals surface area contributed by atoms with Crippen LogP contribution >= 0.6 is 23.2 Å². The minimum atomic E-state index is -0.987. The maximum atomic E-state index is 13.5. The Morgan fingerprint density at radius 1 is 0.973 bits per heavy atom. The van der Waals surface area contributed by atoms with Crippen LogP contribution in [-0.4, -0.2) is 37.6 Å². The van der Waals surface area contributed by atoms with Crippen LogP contribution in [0.5, 0.6) is 17.2 Å². The number of aliphatic hydroxyl groups excluding tert-OH is 1. The molecule has 1 heterocycles. The fraction of sp³-hybridized carbons (Fsp3) is 0.214. The van der Waals surface area contributed by atoms with Gasteiger partial charge in [-0.05, 0) is 48.4 Å². The van der Waals surface area contributed by atoms with Gasteiger partial charge in [0.05, 0.1) is 43.0 Å². The molecule has 1 aliphatic rings. The number of hydrogen-bond acceptors (Lipinski definition) is 6. The van der Waals surface area contributed by atoms with Crippen molar-refractivity contribution in [3.8, 4) is 17.2 Å². The van der Waals surface area contributed by atoms with E-state index in [1.165, 1.54) is 31.3 Å². The number of benzene rings is 3. The highest BCUT2D eigenvalue weighted by Gasteiger charge is 2.47. The van der Waals surface area contributed by atoms with Gasteiger partial charge in [-0.3, -0.25) is 14.5 Å². The summed E-state index contributed by atoms with van der Waals surface area (Å²) in [5.74, 6) is -0.958. The van der Waals surface area contributed by atoms with Crippen molar-refractivity contribution >= 4 is 46.3 Å². The Morgan fingerprint density at radius 2 is 1.70 bits per heavy atom. The second kappa shape index (κ2) is 11.2. The fourth-order valence-electron chi connectivity index (χ4n) is 4.26. The van der Waals surface area contributed by atoms with E-state index in [0.717, 1.165) is 6.42 Å². The number of nitrogens with zero attached hydrogens (tertiary/aromatic N) is 1. The van der Waals surface area contributed by atoms with E-state index in [4.69, 9.17) is 37.4 Å². The maximum Gasteiger partial charge on any atom is 0.300 e. The molecule has 0 saturated carbocycles. The Kier molecular flexibility index (Phi) is 7.95. The van der Waals surface area contributed by atoms with Crippen LogP contribution in [0.3, 0.4) is 0 Å². The van der Waals surface area contributed by atoms with Crippen LogP contribution in [-0.2, 0) is 9.59 Å². The number of anilines is 1. The molecule has 3 aromatic rings. The highest BCUT2D eigenvalue weighted by Crippen LogP contribution is 2.45.